The molecule has 1 N–H and O–H groups in total. The highest BCUT2D eigenvalue weighted by atomic mass is 35.5. The summed E-state index contributed by atoms with van der Waals surface area (Å²) in [5, 5.41) is 3.04. The second-order valence-corrected chi connectivity index (χ2v) is 8.60. The molecule has 0 unspecified atom stereocenters. The summed E-state index contributed by atoms with van der Waals surface area (Å²) >= 11 is 5.80. The summed E-state index contributed by atoms with van der Waals surface area (Å²) in [6.07, 6.45) is 3.41. The maximum absolute atomic E-state index is 12.5. The zero-order valence-corrected chi connectivity index (χ0v) is 14.6. The molecule has 126 valence electrons. The lowest BCUT2D eigenvalue weighted by Crippen LogP contribution is -2.18. The molecular formula is C18H18ClNO3S. The normalized spacial score (nSPS) is 15.4. The Balaban J connectivity index is 1.72. The van der Waals surface area contributed by atoms with Gasteiger partial charge in [0.05, 0.1) is 10.1 Å². The standard InChI is InChI=1S/C18H18ClNO3S/c19-14-7-5-13(6-8-14)18(21)20-15-9-11-17(12-10-15)24(22,23)16-3-1-2-4-16/h5-12,16H,1-4H2,(H,20,21). The zero-order chi connectivity index (χ0) is 17.2. The van der Waals surface area contributed by atoms with Crippen molar-refractivity contribution in [1.82, 2.24) is 0 Å². The fourth-order valence-electron chi connectivity index (χ4n) is 2.92. The number of nitrogens with one attached hydrogen (secondary N) is 1. The largest absolute Gasteiger partial charge is 0.322 e. The van der Waals surface area contributed by atoms with Crippen molar-refractivity contribution in [2.45, 2.75) is 35.8 Å². The quantitative estimate of drug-likeness (QED) is 0.880. The molecule has 0 spiro atoms. The molecule has 0 bridgehead atoms. The van der Waals surface area contributed by atoms with E-state index in [4.69, 9.17) is 11.6 Å². The zero-order valence-electron chi connectivity index (χ0n) is 13.0. The lowest BCUT2D eigenvalue weighted by molar-refractivity contribution is 0.102. The molecule has 0 aromatic heterocycles. The van der Waals surface area contributed by atoms with E-state index < -0.39 is 9.84 Å². The highest BCUT2D eigenvalue weighted by molar-refractivity contribution is 7.92. The molecule has 0 atom stereocenters. The molecule has 3 rings (SSSR count). The molecule has 0 saturated heterocycles. The Bertz CT molecular complexity index is 824. The first-order valence-electron chi connectivity index (χ1n) is 7.88. The van der Waals surface area contributed by atoms with Gasteiger partial charge in [-0.1, -0.05) is 24.4 Å². The Labute approximate surface area is 146 Å². The van der Waals surface area contributed by atoms with Gasteiger partial charge in [0.15, 0.2) is 9.84 Å². The van der Waals surface area contributed by atoms with E-state index >= 15 is 0 Å². The van der Waals surface area contributed by atoms with Gasteiger partial charge in [-0.2, -0.15) is 0 Å². The Kier molecular flexibility index (Phi) is 4.92. The summed E-state index contributed by atoms with van der Waals surface area (Å²) in [7, 11) is -3.27. The van der Waals surface area contributed by atoms with Gasteiger partial charge in [-0.3, -0.25) is 4.79 Å². The number of sulfone groups is 1. The number of hydrogen-bond acceptors (Lipinski definition) is 3. The second kappa shape index (κ2) is 6.95. The second-order valence-electron chi connectivity index (χ2n) is 5.94. The third kappa shape index (κ3) is 3.62. The Morgan fingerprint density at radius 1 is 0.958 bits per heavy atom. The van der Waals surface area contributed by atoms with Crippen LogP contribution in [0.25, 0.3) is 0 Å². The van der Waals surface area contributed by atoms with Gasteiger partial charge in [0.25, 0.3) is 5.91 Å². The predicted molar refractivity (Wildman–Crippen MR) is 95.3 cm³/mol. The highest BCUT2D eigenvalue weighted by Gasteiger charge is 2.30. The maximum atomic E-state index is 12.5. The van der Waals surface area contributed by atoms with Crippen molar-refractivity contribution in [2.24, 2.45) is 0 Å². The molecule has 2 aromatic carbocycles. The van der Waals surface area contributed by atoms with Gasteiger partial charge in [0.1, 0.15) is 0 Å². The minimum absolute atomic E-state index is 0.266. The Hall–Kier alpha value is -1.85. The molecule has 2 aromatic rings. The van der Waals surface area contributed by atoms with Crippen LogP contribution in [-0.2, 0) is 9.84 Å². The number of carbonyl (C=O) groups excluding carboxylic acids is 1. The van der Waals surface area contributed by atoms with Gasteiger partial charge in [-0.25, -0.2) is 8.42 Å². The highest BCUT2D eigenvalue weighted by Crippen LogP contribution is 2.30. The van der Waals surface area contributed by atoms with Gasteiger partial charge >= 0.3 is 0 Å². The smallest absolute Gasteiger partial charge is 0.255 e. The molecule has 0 aliphatic heterocycles. The monoisotopic (exact) mass is 363 g/mol. The molecule has 1 aliphatic carbocycles. The van der Waals surface area contributed by atoms with E-state index in [0.717, 1.165) is 25.7 Å². The van der Waals surface area contributed by atoms with Crippen molar-refractivity contribution in [3.8, 4) is 0 Å². The fraction of sp³-hybridized carbons (Fsp3) is 0.278. The first-order valence-corrected chi connectivity index (χ1v) is 9.80. The average Bonchev–Trinajstić information content (AvgIpc) is 3.11. The van der Waals surface area contributed by atoms with Crippen LogP contribution in [0.2, 0.25) is 5.02 Å². The van der Waals surface area contributed by atoms with Crippen LogP contribution in [0.1, 0.15) is 36.0 Å². The van der Waals surface area contributed by atoms with Crippen LogP contribution >= 0.6 is 11.6 Å². The lowest BCUT2D eigenvalue weighted by atomic mass is 10.2. The minimum atomic E-state index is -3.27. The first-order chi connectivity index (χ1) is 11.5. The number of anilines is 1. The van der Waals surface area contributed by atoms with Crippen LogP contribution in [0.3, 0.4) is 0 Å². The van der Waals surface area contributed by atoms with Gasteiger partial charge in [-0.05, 0) is 61.4 Å². The SMILES string of the molecule is O=C(Nc1ccc(S(=O)(=O)C2CCCC2)cc1)c1ccc(Cl)cc1. The van der Waals surface area contributed by atoms with Crippen molar-refractivity contribution in [1.29, 1.82) is 0 Å². The van der Waals surface area contributed by atoms with Crippen molar-refractivity contribution in [3.63, 3.8) is 0 Å². The number of benzene rings is 2. The predicted octanol–water partition coefficient (Wildman–Crippen LogP) is 4.31. The molecule has 0 radical (unpaired) electrons. The van der Waals surface area contributed by atoms with Gasteiger partial charge in [0.2, 0.25) is 0 Å². The minimum Gasteiger partial charge on any atom is -0.322 e. The summed E-state index contributed by atoms with van der Waals surface area (Å²) in [6.45, 7) is 0. The summed E-state index contributed by atoms with van der Waals surface area (Å²) in [5.74, 6) is -0.266. The van der Waals surface area contributed by atoms with Crippen LogP contribution < -0.4 is 5.32 Å². The number of amides is 1. The summed E-state index contributed by atoms with van der Waals surface area (Å²) < 4.78 is 25.0. The van der Waals surface area contributed by atoms with Crippen molar-refractivity contribution in [3.05, 3.63) is 59.1 Å². The van der Waals surface area contributed by atoms with E-state index in [-0.39, 0.29) is 11.2 Å². The molecule has 4 nitrogen and oxygen atoms in total. The van der Waals surface area contributed by atoms with Crippen molar-refractivity contribution < 1.29 is 13.2 Å². The van der Waals surface area contributed by atoms with Gasteiger partial charge in [-0.15, -0.1) is 0 Å². The van der Waals surface area contributed by atoms with Crippen LogP contribution in [-0.4, -0.2) is 19.6 Å². The molecular weight excluding hydrogens is 346 g/mol. The summed E-state index contributed by atoms with van der Waals surface area (Å²) in [6, 6.07) is 12.9. The maximum Gasteiger partial charge on any atom is 0.255 e. The first kappa shape index (κ1) is 17.0. The number of carbonyl (C=O) groups is 1. The molecule has 1 amide bonds. The lowest BCUT2D eigenvalue weighted by Gasteiger charge is -2.12. The van der Waals surface area contributed by atoms with E-state index in [2.05, 4.69) is 5.32 Å². The Morgan fingerprint density at radius 3 is 2.12 bits per heavy atom. The van der Waals surface area contributed by atoms with E-state index in [1.807, 2.05) is 0 Å². The number of rotatable bonds is 4. The molecule has 1 aliphatic rings. The van der Waals surface area contributed by atoms with E-state index in [1.165, 1.54) is 0 Å². The molecule has 6 heteroatoms. The van der Waals surface area contributed by atoms with Crippen LogP contribution in [0.4, 0.5) is 5.69 Å². The molecule has 0 heterocycles. The number of hydrogen-bond donors (Lipinski definition) is 1. The molecule has 1 fully saturated rings. The van der Waals surface area contributed by atoms with Gasteiger partial charge in [0, 0.05) is 16.3 Å². The fourth-order valence-corrected chi connectivity index (χ4v) is 4.90. The summed E-state index contributed by atoms with van der Waals surface area (Å²) in [4.78, 5) is 12.5. The summed E-state index contributed by atoms with van der Waals surface area (Å²) in [5.41, 5.74) is 1.04. The molecule has 24 heavy (non-hydrogen) atoms. The van der Waals surface area contributed by atoms with Crippen molar-refractivity contribution >= 4 is 33.0 Å². The van der Waals surface area contributed by atoms with Crippen molar-refractivity contribution in [2.75, 3.05) is 5.32 Å². The van der Waals surface area contributed by atoms with Gasteiger partial charge < -0.3 is 5.32 Å². The van der Waals surface area contributed by atoms with Crippen LogP contribution in [0, 0.1) is 0 Å². The third-order valence-corrected chi connectivity index (χ3v) is 6.82. The van der Waals surface area contributed by atoms with E-state index in [1.54, 1.807) is 48.5 Å². The van der Waals surface area contributed by atoms with E-state index in [0.29, 0.717) is 21.2 Å². The van der Waals surface area contributed by atoms with E-state index in [9.17, 15) is 13.2 Å². The number of halogens is 1. The topological polar surface area (TPSA) is 63.2 Å². The van der Waals surface area contributed by atoms with Crippen LogP contribution in [0.5, 0.6) is 0 Å². The van der Waals surface area contributed by atoms with Crippen LogP contribution in [0.15, 0.2) is 53.4 Å². The third-order valence-electron chi connectivity index (χ3n) is 4.29. The Morgan fingerprint density at radius 2 is 1.54 bits per heavy atom. The molecule has 1 saturated carbocycles. The average molecular weight is 364 g/mol.